The van der Waals surface area contributed by atoms with E-state index in [1.165, 1.54) is 23.1 Å². The molecule has 0 saturated heterocycles. The summed E-state index contributed by atoms with van der Waals surface area (Å²) < 4.78 is 3.01. The van der Waals surface area contributed by atoms with Crippen LogP contribution in [-0.2, 0) is 4.79 Å². The number of nitrogens with one attached hydrogen (secondary N) is 1. The highest BCUT2D eigenvalue weighted by atomic mass is 32.2. The summed E-state index contributed by atoms with van der Waals surface area (Å²) in [6.45, 7) is -0.0163. The number of Topliss-reactive ketones (excluding diaryl/α,β-unsaturated/α-hetero) is 1. The molecule has 26 heavy (non-hydrogen) atoms. The second-order valence-electron chi connectivity index (χ2n) is 5.24. The van der Waals surface area contributed by atoms with Gasteiger partial charge in [0.05, 0.1) is 18.0 Å². The topological polar surface area (TPSA) is 64.0 Å². The molecular formula is C18H15N3O2S3. The molecule has 0 bridgehead atoms. The smallest absolute Gasteiger partial charge is 0.230 e. The summed E-state index contributed by atoms with van der Waals surface area (Å²) in [4.78, 5) is 24.0. The lowest BCUT2D eigenvalue weighted by molar-refractivity contribution is -0.118. The van der Waals surface area contributed by atoms with Crippen molar-refractivity contribution in [1.82, 2.24) is 15.1 Å². The van der Waals surface area contributed by atoms with Gasteiger partial charge in [-0.3, -0.25) is 9.59 Å². The molecule has 5 nitrogen and oxygen atoms in total. The summed E-state index contributed by atoms with van der Waals surface area (Å²) in [5.41, 5.74) is 1.47. The predicted molar refractivity (Wildman–Crippen MR) is 107 cm³/mol. The van der Waals surface area contributed by atoms with Gasteiger partial charge < -0.3 is 5.32 Å². The summed E-state index contributed by atoms with van der Waals surface area (Å²) in [7, 11) is 0. The van der Waals surface area contributed by atoms with Gasteiger partial charge in [-0.05, 0) is 24.4 Å². The van der Waals surface area contributed by atoms with Crippen LogP contribution in [0.1, 0.15) is 10.4 Å². The van der Waals surface area contributed by atoms with Crippen molar-refractivity contribution in [3.8, 4) is 5.69 Å². The molecule has 2 aromatic carbocycles. The number of carbonyl (C=O) groups excluding carboxylic acids is 2. The Morgan fingerprint density at radius 2 is 1.73 bits per heavy atom. The summed E-state index contributed by atoms with van der Waals surface area (Å²) in [5.74, 6) is -0.154. The molecule has 0 unspecified atom stereocenters. The number of aromatic nitrogens is 2. The zero-order valence-corrected chi connectivity index (χ0v) is 16.1. The minimum atomic E-state index is -0.216. The SMILES string of the molecule is O=C(CSc1nn(-c2ccccc2)c(=S)s1)NCC(=O)c1ccccc1. The average Bonchev–Trinajstić information content (AvgIpc) is 3.06. The normalized spacial score (nSPS) is 10.5. The van der Waals surface area contributed by atoms with E-state index in [9.17, 15) is 9.59 Å². The highest BCUT2D eigenvalue weighted by Crippen LogP contribution is 2.23. The van der Waals surface area contributed by atoms with Crippen molar-refractivity contribution in [1.29, 1.82) is 0 Å². The van der Waals surface area contributed by atoms with Gasteiger partial charge in [0.25, 0.3) is 0 Å². The lowest BCUT2D eigenvalue weighted by atomic mass is 10.1. The van der Waals surface area contributed by atoms with E-state index in [-0.39, 0.29) is 24.0 Å². The second kappa shape index (κ2) is 8.88. The van der Waals surface area contributed by atoms with Crippen LogP contribution in [0, 0.1) is 3.95 Å². The Balaban J connectivity index is 1.52. The van der Waals surface area contributed by atoms with Crippen LogP contribution in [0.15, 0.2) is 65.0 Å². The molecule has 0 aliphatic carbocycles. The fourth-order valence-electron chi connectivity index (χ4n) is 2.13. The molecule has 132 valence electrons. The van der Waals surface area contributed by atoms with E-state index >= 15 is 0 Å². The van der Waals surface area contributed by atoms with E-state index in [0.717, 1.165) is 5.69 Å². The van der Waals surface area contributed by atoms with Crippen LogP contribution in [0.25, 0.3) is 5.69 Å². The zero-order valence-electron chi connectivity index (χ0n) is 13.6. The van der Waals surface area contributed by atoms with E-state index in [2.05, 4.69) is 10.4 Å². The lowest BCUT2D eigenvalue weighted by Crippen LogP contribution is -2.30. The van der Waals surface area contributed by atoms with E-state index < -0.39 is 0 Å². The molecule has 0 fully saturated rings. The Morgan fingerprint density at radius 3 is 2.42 bits per heavy atom. The van der Waals surface area contributed by atoms with Gasteiger partial charge in [-0.25, -0.2) is 4.68 Å². The molecule has 0 spiro atoms. The maximum atomic E-state index is 12.0. The molecular weight excluding hydrogens is 386 g/mol. The first-order valence-electron chi connectivity index (χ1n) is 7.77. The lowest BCUT2D eigenvalue weighted by Gasteiger charge is -2.03. The van der Waals surface area contributed by atoms with Gasteiger partial charge >= 0.3 is 0 Å². The van der Waals surface area contributed by atoms with E-state index in [0.29, 0.717) is 13.9 Å². The fourth-order valence-corrected chi connectivity index (χ4v) is 4.33. The number of benzene rings is 2. The maximum absolute atomic E-state index is 12.0. The first-order valence-corrected chi connectivity index (χ1v) is 9.98. The van der Waals surface area contributed by atoms with Crippen molar-refractivity contribution in [2.45, 2.75) is 4.34 Å². The molecule has 0 aliphatic rings. The summed E-state index contributed by atoms with van der Waals surface area (Å²) in [5, 5.41) is 7.08. The number of ketones is 1. The first-order chi connectivity index (χ1) is 12.6. The molecule has 8 heteroatoms. The third-order valence-electron chi connectivity index (χ3n) is 3.40. The highest BCUT2D eigenvalue weighted by Gasteiger charge is 2.11. The van der Waals surface area contributed by atoms with Gasteiger partial charge in [-0.2, -0.15) is 0 Å². The van der Waals surface area contributed by atoms with E-state index in [4.69, 9.17) is 12.2 Å². The molecule has 0 atom stereocenters. The van der Waals surface area contributed by atoms with Crippen LogP contribution in [0.5, 0.6) is 0 Å². The summed E-state index contributed by atoms with van der Waals surface area (Å²) in [6, 6.07) is 18.5. The standard InChI is InChI=1S/C18H15N3O2S3/c22-15(13-7-3-1-4-8-13)11-19-16(23)12-25-17-20-21(18(24)26-17)14-9-5-2-6-10-14/h1-10H,11-12H2,(H,19,23). The Bertz CT molecular complexity index is 953. The van der Waals surface area contributed by atoms with Gasteiger partial charge in [0.1, 0.15) is 0 Å². The van der Waals surface area contributed by atoms with Crippen LogP contribution in [0.2, 0.25) is 0 Å². The average molecular weight is 402 g/mol. The van der Waals surface area contributed by atoms with Crippen molar-refractivity contribution >= 4 is 47.0 Å². The quantitative estimate of drug-likeness (QED) is 0.371. The van der Waals surface area contributed by atoms with Gasteiger partial charge in [0.2, 0.25) is 5.91 Å². The van der Waals surface area contributed by atoms with Crippen LogP contribution >= 0.6 is 35.3 Å². The van der Waals surface area contributed by atoms with Crippen LogP contribution in [-0.4, -0.2) is 33.8 Å². The Kier molecular flexibility index (Phi) is 6.32. The molecule has 3 rings (SSSR count). The number of carbonyl (C=O) groups is 2. The second-order valence-corrected chi connectivity index (χ2v) is 8.08. The molecule has 1 amide bonds. The van der Waals surface area contributed by atoms with Crippen molar-refractivity contribution < 1.29 is 9.59 Å². The van der Waals surface area contributed by atoms with Crippen LogP contribution in [0.4, 0.5) is 0 Å². The van der Waals surface area contributed by atoms with Gasteiger partial charge in [0.15, 0.2) is 14.1 Å². The number of amides is 1. The highest BCUT2D eigenvalue weighted by molar-refractivity contribution is 8.01. The molecule has 3 aromatic rings. The molecule has 1 aromatic heterocycles. The monoisotopic (exact) mass is 401 g/mol. The molecule has 0 aliphatic heterocycles. The largest absolute Gasteiger partial charge is 0.348 e. The third-order valence-corrected chi connectivity index (χ3v) is 5.76. The number of rotatable bonds is 7. The fraction of sp³-hybridized carbons (Fsp3) is 0.111. The molecule has 1 heterocycles. The summed E-state index contributed by atoms with van der Waals surface area (Å²) >= 11 is 7.99. The Morgan fingerprint density at radius 1 is 1.08 bits per heavy atom. The predicted octanol–water partition coefficient (Wildman–Crippen LogP) is 3.75. The summed E-state index contributed by atoms with van der Waals surface area (Å²) in [6.07, 6.45) is 0. The number of hydrogen-bond donors (Lipinski definition) is 1. The molecule has 0 radical (unpaired) electrons. The number of hydrogen-bond acceptors (Lipinski definition) is 6. The first kappa shape index (κ1) is 18.5. The van der Waals surface area contributed by atoms with Crippen molar-refractivity contribution in [2.24, 2.45) is 0 Å². The Labute approximate surface area is 164 Å². The maximum Gasteiger partial charge on any atom is 0.230 e. The van der Waals surface area contributed by atoms with E-state index in [1.54, 1.807) is 28.9 Å². The zero-order chi connectivity index (χ0) is 18.4. The van der Waals surface area contributed by atoms with Crippen molar-refractivity contribution in [2.75, 3.05) is 12.3 Å². The van der Waals surface area contributed by atoms with Crippen molar-refractivity contribution in [3.05, 3.63) is 70.2 Å². The van der Waals surface area contributed by atoms with Crippen LogP contribution in [0.3, 0.4) is 0 Å². The molecule has 1 N–H and O–H groups in total. The molecule has 0 saturated carbocycles. The Hall–Kier alpha value is -2.29. The minimum Gasteiger partial charge on any atom is -0.348 e. The number of para-hydroxylation sites is 1. The number of thioether (sulfide) groups is 1. The number of nitrogens with zero attached hydrogens (tertiary/aromatic N) is 2. The van der Waals surface area contributed by atoms with Crippen LogP contribution < -0.4 is 5.32 Å². The van der Waals surface area contributed by atoms with Gasteiger partial charge in [-0.1, -0.05) is 71.6 Å². The van der Waals surface area contributed by atoms with E-state index in [1.807, 2.05) is 36.4 Å². The van der Waals surface area contributed by atoms with Gasteiger partial charge in [-0.15, -0.1) is 5.10 Å². The van der Waals surface area contributed by atoms with Gasteiger partial charge in [0, 0.05) is 5.56 Å². The third kappa shape index (κ3) is 4.87. The minimum absolute atomic E-state index is 0.0163. The van der Waals surface area contributed by atoms with Crippen molar-refractivity contribution in [3.63, 3.8) is 0 Å².